The van der Waals surface area contributed by atoms with Crippen LogP contribution in [-0.2, 0) is 4.79 Å². The fourth-order valence-corrected chi connectivity index (χ4v) is 2.03. The molecule has 3 N–H and O–H groups in total. The van der Waals surface area contributed by atoms with Crippen molar-refractivity contribution in [3.8, 4) is 0 Å². The van der Waals surface area contributed by atoms with Gasteiger partial charge in [-0.15, -0.1) is 0 Å². The third kappa shape index (κ3) is 3.50. The highest BCUT2D eigenvalue weighted by atomic mass is 16.4. The number of nitrogens with one attached hydrogen (secondary N) is 2. The van der Waals surface area contributed by atoms with Crippen molar-refractivity contribution in [1.82, 2.24) is 10.6 Å². The molecule has 1 heterocycles. The number of amides is 3. The molecule has 0 aromatic heterocycles. The van der Waals surface area contributed by atoms with Gasteiger partial charge < -0.3 is 15.7 Å². The van der Waals surface area contributed by atoms with Gasteiger partial charge in [-0.05, 0) is 31.5 Å². The van der Waals surface area contributed by atoms with E-state index < -0.39 is 17.9 Å². The Bertz CT molecular complexity index is 573. The molecular formula is C14H17N3O4. The predicted molar refractivity (Wildman–Crippen MR) is 76.4 cm³/mol. The van der Waals surface area contributed by atoms with Crippen LogP contribution in [0.15, 0.2) is 24.3 Å². The number of carboxylic acids is 1. The van der Waals surface area contributed by atoms with E-state index in [1.165, 1.54) is 6.92 Å². The Morgan fingerprint density at radius 3 is 2.86 bits per heavy atom. The molecule has 1 saturated heterocycles. The molecule has 0 bridgehead atoms. The van der Waals surface area contributed by atoms with E-state index in [0.29, 0.717) is 24.3 Å². The normalized spacial score (nSPS) is 16.0. The first-order chi connectivity index (χ1) is 9.99. The van der Waals surface area contributed by atoms with Crippen LogP contribution in [0.5, 0.6) is 0 Å². The Balaban J connectivity index is 2.15. The number of benzene rings is 1. The van der Waals surface area contributed by atoms with Crippen LogP contribution in [0.3, 0.4) is 0 Å². The van der Waals surface area contributed by atoms with E-state index in [2.05, 4.69) is 10.6 Å². The molecule has 1 atom stereocenters. The van der Waals surface area contributed by atoms with Gasteiger partial charge in [-0.3, -0.25) is 14.5 Å². The predicted octanol–water partition coefficient (Wildman–Crippen LogP) is 0.809. The van der Waals surface area contributed by atoms with E-state index in [9.17, 15) is 14.4 Å². The maximum Gasteiger partial charge on any atom is 0.325 e. The highest BCUT2D eigenvalue weighted by molar-refractivity contribution is 5.99. The van der Waals surface area contributed by atoms with Crippen LogP contribution in [0.25, 0.3) is 0 Å². The number of carbonyl (C=O) groups excluding carboxylic acids is 2. The number of aliphatic carboxylic acids is 1. The van der Waals surface area contributed by atoms with Crippen LogP contribution in [0.2, 0.25) is 0 Å². The van der Waals surface area contributed by atoms with E-state index in [4.69, 9.17) is 5.11 Å². The van der Waals surface area contributed by atoms with Crippen LogP contribution >= 0.6 is 0 Å². The van der Waals surface area contributed by atoms with E-state index in [1.54, 1.807) is 29.2 Å². The summed E-state index contributed by atoms with van der Waals surface area (Å²) in [6, 6.07) is 5.39. The Labute approximate surface area is 121 Å². The minimum Gasteiger partial charge on any atom is -0.480 e. The molecule has 21 heavy (non-hydrogen) atoms. The van der Waals surface area contributed by atoms with Crippen LogP contribution in [-0.4, -0.2) is 42.1 Å². The summed E-state index contributed by atoms with van der Waals surface area (Å²) in [6.45, 7) is 2.62. The van der Waals surface area contributed by atoms with Crippen LogP contribution in [0, 0.1) is 0 Å². The minimum absolute atomic E-state index is 0.197. The summed E-state index contributed by atoms with van der Waals surface area (Å²) in [5.74, 6) is -1.58. The minimum atomic E-state index is -1.10. The monoisotopic (exact) mass is 291 g/mol. The van der Waals surface area contributed by atoms with Gasteiger partial charge in [0.2, 0.25) is 0 Å². The highest BCUT2D eigenvalue weighted by Gasteiger charge is 2.21. The maximum absolute atomic E-state index is 12.0. The zero-order valence-corrected chi connectivity index (χ0v) is 11.6. The molecule has 1 aliphatic rings. The van der Waals surface area contributed by atoms with Crippen molar-refractivity contribution in [1.29, 1.82) is 0 Å². The first kappa shape index (κ1) is 14.8. The SMILES string of the molecule is C[C@@H](NC(=O)c1cccc(N2CCCNC2=O)c1)C(=O)O. The van der Waals surface area contributed by atoms with Crippen LogP contribution in [0.1, 0.15) is 23.7 Å². The number of carbonyl (C=O) groups is 3. The average molecular weight is 291 g/mol. The summed E-state index contributed by atoms with van der Waals surface area (Å²) in [6.07, 6.45) is 0.832. The van der Waals surface area contributed by atoms with E-state index in [-0.39, 0.29) is 6.03 Å². The first-order valence-electron chi connectivity index (χ1n) is 6.68. The van der Waals surface area contributed by atoms with Gasteiger partial charge in [-0.2, -0.15) is 0 Å². The number of nitrogens with zero attached hydrogens (tertiary/aromatic N) is 1. The summed E-state index contributed by atoms with van der Waals surface area (Å²) in [4.78, 5) is 36.1. The van der Waals surface area contributed by atoms with Crippen molar-refractivity contribution in [2.24, 2.45) is 0 Å². The van der Waals surface area contributed by atoms with Gasteiger partial charge in [0, 0.05) is 24.3 Å². The number of hydrogen-bond acceptors (Lipinski definition) is 3. The Morgan fingerprint density at radius 2 is 2.19 bits per heavy atom. The molecule has 0 aliphatic carbocycles. The van der Waals surface area contributed by atoms with Gasteiger partial charge in [0.15, 0.2) is 0 Å². The quantitative estimate of drug-likeness (QED) is 0.764. The van der Waals surface area contributed by atoms with Gasteiger partial charge in [-0.25, -0.2) is 4.79 Å². The largest absolute Gasteiger partial charge is 0.480 e. The highest BCUT2D eigenvalue weighted by Crippen LogP contribution is 2.18. The van der Waals surface area contributed by atoms with Crippen LogP contribution < -0.4 is 15.5 Å². The molecule has 112 valence electrons. The van der Waals surface area contributed by atoms with Gasteiger partial charge >= 0.3 is 12.0 Å². The molecule has 0 radical (unpaired) electrons. The number of carboxylic acid groups (broad SMARTS) is 1. The second kappa shape index (κ2) is 6.25. The molecule has 1 fully saturated rings. The summed E-state index contributed by atoms with van der Waals surface area (Å²) in [7, 11) is 0. The standard InChI is InChI=1S/C14H17N3O4/c1-9(13(19)20)16-12(18)10-4-2-5-11(8-10)17-7-3-6-15-14(17)21/h2,4-5,8-9H,3,6-7H2,1H3,(H,15,21)(H,16,18)(H,19,20)/t9-/m1/s1. The lowest BCUT2D eigenvalue weighted by Crippen LogP contribution is -2.46. The average Bonchev–Trinajstić information content (AvgIpc) is 2.47. The molecule has 0 saturated carbocycles. The van der Waals surface area contributed by atoms with Crippen molar-refractivity contribution in [3.63, 3.8) is 0 Å². The second-order valence-corrected chi connectivity index (χ2v) is 4.82. The molecule has 1 aromatic carbocycles. The van der Waals surface area contributed by atoms with Crippen molar-refractivity contribution in [2.75, 3.05) is 18.0 Å². The zero-order chi connectivity index (χ0) is 15.4. The van der Waals surface area contributed by atoms with Gasteiger partial charge in [-0.1, -0.05) is 6.07 Å². The van der Waals surface area contributed by atoms with E-state index in [0.717, 1.165) is 6.42 Å². The number of hydrogen-bond donors (Lipinski definition) is 3. The van der Waals surface area contributed by atoms with Gasteiger partial charge in [0.25, 0.3) is 5.91 Å². The Kier molecular flexibility index (Phi) is 4.42. The molecule has 0 spiro atoms. The smallest absolute Gasteiger partial charge is 0.325 e. The summed E-state index contributed by atoms with van der Waals surface area (Å²) < 4.78 is 0. The fourth-order valence-electron chi connectivity index (χ4n) is 2.03. The summed E-state index contributed by atoms with van der Waals surface area (Å²) in [5, 5.41) is 13.9. The number of anilines is 1. The summed E-state index contributed by atoms with van der Waals surface area (Å²) in [5.41, 5.74) is 0.932. The van der Waals surface area contributed by atoms with Crippen molar-refractivity contribution in [2.45, 2.75) is 19.4 Å². The number of rotatable bonds is 4. The molecule has 0 unspecified atom stereocenters. The third-order valence-electron chi connectivity index (χ3n) is 3.22. The molecular weight excluding hydrogens is 274 g/mol. The van der Waals surface area contributed by atoms with Crippen LogP contribution in [0.4, 0.5) is 10.5 Å². The molecule has 1 aromatic rings. The molecule has 7 nitrogen and oxygen atoms in total. The van der Waals surface area contributed by atoms with E-state index >= 15 is 0 Å². The lowest BCUT2D eigenvalue weighted by Gasteiger charge is -2.27. The molecule has 7 heteroatoms. The lowest BCUT2D eigenvalue weighted by atomic mass is 10.1. The van der Waals surface area contributed by atoms with Crippen molar-refractivity contribution < 1.29 is 19.5 Å². The second-order valence-electron chi connectivity index (χ2n) is 4.82. The number of urea groups is 1. The lowest BCUT2D eigenvalue weighted by molar-refractivity contribution is -0.138. The topological polar surface area (TPSA) is 98.7 Å². The zero-order valence-electron chi connectivity index (χ0n) is 11.6. The fraction of sp³-hybridized carbons (Fsp3) is 0.357. The van der Waals surface area contributed by atoms with Gasteiger partial charge in [0.05, 0.1) is 0 Å². The van der Waals surface area contributed by atoms with Crippen molar-refractivity contribution in [3.05, 3.63) is 29.8 Å². The summed E-state index contributed by atoms with van der Waals surface area (Å²) >= 11 is 0. The maximum atomic E-state index is 12.0. The Hall–Kier alpha value is -2.57. The first-order valence-corrected chi connectivity index (χ1v) is 6.68. The molecule has 1 aliphatic heterocycles. The third-order valence-corrected chi connectivity index (χ3v) is 3.22. The molecule has 2 rings (SSSR count). The van der Waals surface area contributed by atoms with Crippen molar-refractivity contribution >= 4 is 23.6 Å². The van der Waals surface area contributed by atoms with Gasteiger partial charge in [0.1, 0.15) is 6.04 Å². The molecule has 3 amide bonds. The van der Waals surface area contributed by atoms with E-state index in [1.807, 2.05) is 0 Å². The Morgan fingerprint density at radius 1 is 1.43 bits per heavy atom.